The van der Waals surface area contributed by atoms with E-state index in [4.69, 9.17) is 4.52 Å². The highest BCUT2D eigenvalue weighted by atomic mass is 19.4. The molecule has 3 heterocycles. The van der Waals surface area contributed by atoms with Crippen molar-refractivity contribution in [2.24, 2.45) is 0 Å². The van der Waals surface area contributed by atoms with Crippen molar-refractivity contribution in [1.29, 1.82) is 0 Å². The van der Waals surface area contributed by atoms with E-state index in [9.17, 15) is 26.3 Å². The molecule has 0 unspecified atom stereocenters. The van der Waals surface area contributed by atoms with E-state index in [1.807, 2.05) is 0 Å². The molecular weight excluding hydrogens is 480 g/mol. The summed E-state index contributed by atoms with van der Waals surface area (Å²) in [6.07, 6.45) is -2.20. The predicted octanol–water partition coefficient (Wildman–Crippen LogP) is 5.46. The third kappa shape index (κ3) is 4.65. The van der Waals surface area contributed by atoms with Crippen molar-refractivity contribution in [2.75, 3.05) is 0 Å². The number of ether oxygens (including phenoxy) is 1. The van der Waals surface area contributed by atoms with Crippen molar-refractivity contribution in [3.63, 3.8) is 0 Å². The molecule has 2 aliphatic heterocycles. The third-order valence-corrected chi connectivity index (χ3v) is 4.83. The molecule has 2 aliphatic rings. The second kappa shape index (κ2) is 8.42. The Labute approximate surface area is 191 Å². The minimum atomic E-state index is -5.03. The second-order valence-corrected chi connectivity index (χ2v) is 7.26. The first-order valence-electron chi connectivity index (χ1n) is 9.82. The van der Waals surface area contributed by atoms with Crippen LogP contribution in [0.3, 0.4) is 0 Å². The number of hydrogen-bond acceptors (Lipinski definition) is 6. The average Bonchev–Trinajstić information content (AvgIpc) is 3.41. The number of aromatic nitrogens is 5. The van der Waals surface area contributed by atoms with Gasteiger partial charge in [0.1, 0.15) is 35.2 Å². The summed E-state index contributed by atoms with van der Waals surface area (Å²) >= 11 is 0. The van der Waals surface area contributed by atoms with E-state index in [-0.39, 0.29) is 35.0 Å². The Hall–Kier alpha value is -4.42. The molecule has 5 rings (SSSR count). The zero-order chi connectivity index (χ0) is 24.7. The third-order valence-electron chi connectivity index (χ3n) is 4.83. The lowest BCUT2D eigenvalue weighted by Gasteiger charge is -2.11. The van der Waals surface area contributed by atoms with Gasteiger partial charge < -0.3 is 9.26 Å². The van der Waals surface area contributed by atoms with Gasteiger partial charge in [0.2, 0.25) is 0 Å². The van der Waals surface area contributed by atoms with E-state index in [0.717, 1.165) is 18.2 Å². The smallest absolute Gasteiger partial charge is 0.405 e. The molecule has 2 aromatic carbocycles. The highest BCUT2D eigenvalue weighted by molar-refractivity contribution is 5.67. The largest absolute Gasteiger partial charge is 0.573 e. The Balaban J connectivity index is 1.41. The van der Waals surface area contributed by atoms with Crippen molar-refractivity contribution in [2.45, 2.75) is 12.9 Å². The fourth-order valence-electron chi connectivity index (χ4n) is 3.34. The molecular formula is C22H11F6N5O2. The lowest BCUT2D eigenvalue weighted by molar-refractivity contribution is -0.274. The predicted molar refractivity (Wildman–Crippen MR) is 107 cm³/mol. The molecule has 0 fully saturated rings. The Morgan fingerprint density at radius 1 is 0.914 bits per heavy atom. The summed E-state index contributed by atoms with van der Waals surface area (Å²) < 4.78 is 89.6. The number of fused-ring (bicyclic) bond motifs is 1. The van der Waals surface area contributed by atoms with Gasteiger partial charge in [-0.05, 0) is 24.3 Å². The Morgan fingerprint density at radius 3 is 2.51 bits per heavy atom. The van der Waals surface area contributed by atoms with Crippen LogP contribution in [0.15, 0.2) is 59.4 Å². The first-order chi connectivity index (χ1) is 16.7. The van der Waals surface area contributed by atoms with Crippen LogP contribution in [0, 0.1) is 17.5 Å². The van der Waals surface area contributed by atoms with E-state index >= 15 is 0 Å². The van der Waals surface area contributed by atoms with Crippen LogP contribution in [0.25, 0.3) is 34.0 Å². The molecule has 35 heavy (non-hydrogen) atoms. The number of benzene rings is 2. The number of nitrogens with zero attached hydrogens (tertiary/aromatic N) is 5. The van der Waals surface area contributed by atoms with Crippen LogP contribution in [0.4, 0.5) is 26.3 Å². The zero-order valence-corrected chi connectivity index (χ0v) is 17.2. The SMILES string of the molecule is Fc1ccc(-c2cc(Cn3cc4nc(-c5cccc(F)c5F)nc-4cn3)on2)c(OC(F)(F)F)c1. The van der Waals surface area contributed by atoms with Gasteiger partial charge in [-0.3, -0.25) is 4.68 Å². The molecule has 1 aromatic heterocycles. The molecule has 0 radical (unpaired) electrons. The first kappa shape index (κ1) is 22.4. The Morgan fingerprint density at radius 2 is 1.71 bits per heavy atom. The highest BCUT2D eigenvalue weighted by Gasteiger charge is 2.33. The number of halogens is 6. The molecule has 0 aliphatic carbocycles. The number of rotatable bonds is 5. The van der Waals surface area contributed by atoms with E-state index in [0.29, 0.717) is 17.5 Å². The van der Waals surface area contributed by atoms with Crippen molar-refractivity contribution in [3.05, 3.63) is 78.1 Å². The van der Waals surface area contributed by atoms with Gasteiger partial charge in [0.25, 0.3) is 0 Å². The van der Waals surface area contributed by atoms with Crippen LogP contribution in [-0.4, -0.2) is 31.3 Å². The summed E-state index contributed by atoms with van der Waals surface area (Å²) in [5.74, 6) is -3.61. The van der Waals surface area contributed by atoms with E-state index in [1.54, 1.807) is 0 Å². The van der Waals surface area contributed by atoms with Gasteiger partial charge >= 0.3 is 6.36 Å². The maximum atomic E-state index is 14.1. The minimum Gasteiger partial charge on any atom is -0.405 e. The number of hydrogen-bond donors (Lipinski definition) is 0. The molecule has 0 saturated heterocycles. The summed E-state index contributed by atoms with van der Waals surface area (Å²) in [5, 5.41) is 7.88. The average molecular weight is 491 g/mol. The van der Waals surface area contributed by atoms with Gasteiger partial charge in [-0.25, -0.2) is 23.1 Å². The Kier molecular flexibility index (Phi) is 5.38. The zero-order valence-electron chi connectivity index (χ0n) is 17.2. The van der Waals surface area contributed by atoms with Crippen LogP contribution in [0.5, 0.6) is 5.75 Å². The fraction of sp³-hybridized carbons (Fsp3) is 0.0909. The summed E-state index contributed by atoms with van der Waals surface area (Å²) in [7, 11) is 0. The summed E-state index contributed by atoms with van der Waals surface area (Å²) in [6, 6.07) is 7.64. The lowest BCUT2D eigenvalue weighted by atomic mass is 10.1. The topological polar surface area (TPSA) is 78.9 Å². The number of imidazole rings is 1. The molecule has 0 atom stereocenters. The standard InChI is InChI=1S/C22H11F6N5O2/c23-11-4-5-13(19(6-11)34-22(26,27)28)16-7-12(35-32-16)9-33-10-18-17(8-29-33)30-21(31-18)14-2-1-3-15(24)20(14)25/h1-8,10H,9H2. The molecule has 7 nitrogen and oxygen atoms in total. The minimum absolute atomic E-state index is 0.00385. The highest BCUT2D eigenvalue weighted by Crippen LogP contribution is 2.34. The van der Waals surface area contributed by atoms with Crippen molar-refractivity contribution < 1.29 is 35.6 Å². The Bertz CT molecular complexity index is 1500. The molecule has 0 N–H and O–H groups in total. The first-order valence-corrected chi connectivity index (χ1v) is 9.82. The molecule has 0 bridgehead atoms. The summed E-state index contributed by atoms with van der Waals surface area (Å²) in [5.41, 5.74) is 0.411. The van der Waals surface area contributed by atoms with Crippen LogP contribution >= 0.6 is 0 Å². The summed E-state index contributed by atoms with van der Waals surface area (Å²) in [6.45, 7) is -0.00385. The molecule has 0 spiro atoms. The lowest BCUT2D eigenvalue weighted by Crippen LogP contribution is -2.17. The van der Waals surface area contributed by atoms with Crippen LogP contribution < -0.4 is 4.74 Å². The van der Waals surface area contributed by atoms with Crippen molar-refractivity contribution in [1.82, 2.24) is 24.9 Å². The number of alkyl halides is 3. The second-order valence-electron chi connectivity index (χ2n) is 7.26. The summed E-state index contributed by atoms with van der Waals surface area (Å²) in [4.78, 5) is 8.37. The van der Waals surface area contributed by atoms with Crippen LogP contribution in [-0.2, 0) is 6.54 Å². The molecule has 178 valence electrons. The van der Waals surface area contributed by atoms with Crippen LogP contribution in [0.1, 0.15) is 5.76 Å². The van der Waals surface area contributed by atoms with E-state index in [2.05, 4.69) is 25.0 Å². The van der Waals surface area contributed by atoms with Gasteiger partial charge in [0.05, 0.1) is 18.0 Å². The quantitative estimate of drug-likeness (QED) is 0.304. The fourth-order valence-corrected chi connectivity index (χ4v) is 3.34. The molecule has 0 amide bonds. The van der Waals surface area contributed by atoms with E-state index < -0.39 is 29.6 Å². The molecule has 3 aromatic rings. The van der Waals surface area contributed by atoms with Gasteiger partial charge in [-0.1, -0.05) is 11.2 Å². The maximum absolute atomic E-state index is 14.1. The van der Waals surface area contributed by atoms with Crippen LogP contribution in [0.2, 0.25) is 0 Å². The van der Waals surface area contributed by atoms with Gasteiger partial charge in [-0.2, -0.15) is 5.10 Å². The molecule has 13 heteroatoms. The van der Waals surface area contributed by atoms with Gasteiger partial charge in [0.15, 0.2) is 23.2 Å². The van der Waals surface area contributed by atoms with Gasteiger partial charge in [-0.15, -0.1) is 13.2 Å². The maximum Gasteiger partial charge on any atom is 0.573 e. The molecule has 0 saturated carbocycles. The van der Waals surface area contributed by atoms with Crippen molar-refractivity contribution in [3.8, 4) is 39.8 Å². The monoisotopic (exact) mass is 491 g/mol. The van der Waals surface area contributed by atoms with Crippen molar-refractivity contribution >= 4 is 0 Å². The van der Waals surface area contributed by atoms with E-state index in [1.165, 1.54) is 35.3 Å². The van der Waals surface area contributed by atoms with Gasteiger partial charge in [0, 0.05) is 17.7 Å². The normalized spacial score (nSPS) is 11.8.